The monoisotopic (exact) mass is 395 g/mol. The molecule has 2 N–H and O–H groups in total. The van der Waals surface area contributed by atoms with Gasteiger partial charge in [-0.3, -0.25) is 19.5 Å². The van der Waals surface area contributed by atoms with E-state index in [2.05, 4.69) is 32.5 Å². The highest BCUT2D eigenvalue weighted by molar-refractivity contribution is 6.39. The first-order valence-corrected chi connectivity index (χ1v) is 9.93. The first-order chi connectivity index (χ1) is 13.9. The Morgan fingerprint density at radius 3 is 2.48 bits per heavy atom. The van der Waals surface area contributed by atoms with Gasteiger partial charge in [-0.05, 0) is 55.8 Å². The number of carbonyl (C=O) groups excluding carboxylic acids is 2. The van der Waals surface area contributed by atoms with Crippen LogP contribution in [0.5, 0.6) is 0 Å². The molecule has 7 nitrogen and oxygen atoms in total. The van der Waals surface area contributed by atoms with Crippen molar-refractivity contribution >= 4 is 17.5 Å². The molecule has 0 aliphatic carbocycles. The SMILES string of the molecule is Cc1ccc(NC(=O)C(=O)NCC(c2cccnc2)N2CCN(C)CC2)cc1C. The lowest BCUT2D eigenvalue weighted by atomic mass is 10.1. The van der Waals surface area contributed by atoms with E-state index in [-0.39, 0.29) is 6.04 Å². The number of hydrogen-bond donors (Lipinski definition) is 2. The number of aryl methyl sites for hydroxylation is 2. The van der Waals surface area contributed by atoms with E-state index in [9.17, 15) is 9.59 Å². The van der Waals surface area contributed by atoms with Gasteiger partial charge in [-0.15, -0.1) is 0 Å². The molecule has 2 amide bonds. The number of benzene rings is 1. The molecule has 2 aromatic rings. The highest BCUT2D eigenvalue weighted by atomic mass is 16.2. The summed E-state index contributed by atoms with van der Waals surface area (Å²) in [7, 11) is 2.11. The molecule has 1 aliphatic heterocycles. The average molecular weight is 396 g/mol. The largest absolute Gasteiger partial charge is 0.346 e. The van der Waals surface area contributed by atoms with Crippen molar-refractivity contribution in [3.05, 3.63) is 59.4 Å². The number of aromatic nitrogens is 1. The Morgan fingerprint density at radius 2 is 1.83 bits per heavy atom. The fourth-order valence-electron chi connectivity index (χ4n) is 3.44. The van der Waals surface area contributed by atoms with Crippen molar-refractivity contribution in [2.24, 2.45) is 0 Å². The van der Waals surface area contributed by atoms with E-state index in [1.807, 2.05) is 44.3 Å². The second kappa shape index (κ2) is 9.62. The molecule has 154 valence electrons. The van der Waals surface area contributed by atoms with Gasteiger partial charge >= 0.3 is 11.8 Å². The molecule has 1 aliphatic rings. The lowest BCUT2D eigenvalue weighted by Crippen LogP contribution is -2.49. The second-order valence-electron chi connectivity index (χ2n) is 7.60. The first-order valence-electron chi connectivity index (χ1n) is 9.93. The van der Waals surface area contributed by atoms with E-state index in [0.717, 1.165) is 42.9 Å². The van der Waals surface area contributed by atoms with E-state index < -0.39 is 11.8 Å². The Bertz CT molecular complexity index is 848. The maximum Gasteiger partial charge on any atom is 0.313 e. The Hall–Kier alpha value is -2.77. The number of hydrogen-bond acceptors (Lipinski definition) is 5. The minimum Gasteiger partial charge on any atom is -0.346 e. The van der Waals surface area contributed by atoms with Crippen molar-refractivity contribution in [1.82, 2.24) is 20.1 Å². The number of nitrogens with zero attached hydrogens (tertiary/aromatic N) is 3. The molecule has 1 atom stereocenters. The quantitative estimate of drug-likeness (QED) is 0.754. The van der Waals surface area contributed by atoms with Crippen LogP contribution in [0.1, 0.15) is 22.7 Å². The van der Waals surface area contributed by atoms with Gasteiger partial charge in [-0.25, -0.2) is 0 Å². The van der Waals surface area contributed by atoms with E-state index in [1.165, 1.54) is 0 Å². The van der Waals surface area contributed by atoms with Crippen LogP contribution >= 0.6 is 0 Å². The molecule has 1 aromatic carbocycles. The molecule has 0 radical (unpaired) electrons. The van der Waals surface area contributed by atoms with Gasteiger partial charge in [0, 0.05) is 50.8 Å². The number of likely N-dealkylation sites (N-methyl/N-ethyl adjacent to an activating group) is 1. The second-order valence-corrected chi connectivity index (χ2v) is 7.60. The average Bonchev–Trinajstić information content (AvgIpc) is 2.72. The van der Waals surface area contributed by atoms with Crippen LogP contribution in [0.3, 0.4) is 0 Å². The van der Waals surface area contributed by atoms with Crippen LogP contribution in [-0.2, 0) is 9.59 Å². The molecule has 2 heterocycles. The normalized spacial score (nSPS) is 16.2. The van der Waals surface area contributed by atoms with Crippen LogP contribution in [0.25, 0.3) is 0 Å². The number of pyridine rings is 1. The summed E-state index contributed by atoms with van der Waals surface area (Å²) in [6.45, 7) is 8.08. The minimum atomic E-state index is -0.656. The van der Waals surface area contributed by atoms with Crippen LogP contribution in [0, 0.1) is 13.8 Å². The van der Waals surface area contributed by atoms with Gasteiger partial charge in [0.1, 0.15) is 0 Å². The van der Waals surface area contributed by atoms with Gasteiger partial charge in [0.2, 0.25) is 0 Å². The molecule has 0 spiro atoms. The number of amides is 2. The van der Waals surface area contributed by atoms with Crippen molar-refractivity contribution in [3.63, 3.8) is 0 Å². The van der Waals surface area contributed by atoms with Crippen LogP contribution in [0.2, 0.25) is 0 Å². The maximum absolute atomic E-state index is 12.4. The summed E-state index contributed by atoms with van der Waals surface area (Å²) >= 11 is 0. The highest BCUT2D eigenvalue weighted by Gasteiger charge is 2.25. The fraction of sp³-hybridized carbons (Fsp3) is 0.409. The lowest BCUT2D eigenvalue weighted by molar-refractivity contribution is -0.136. The van der Waals surface area contributed by atoms with Gasteiger partial charge in [0.25, 0.3) is 0 Å². The summed E-state index contributed by atoms with van der Waals surface area (Å²) in [5.41, 5.74) is 3.86. The Kier molecular flexibility index (Phi) is 6.95. The predicted octanol–water partition coefficient (Wildman–Crippen LogP) is 1.74. The van der Waals surface area contributed by atoms with Crippen molar-refractivity contribution < 1.29 is 9.59 Å². The van der Waals surface area contributed by atoms with E-state index >= 15 is 0 Å². The smallest absolute Gasteiger partial charge is 0.313 e. The molecular formula is C22H29N5O2. The zero-order valence-corrected chi connectivity index (χ0v) is 17.3. The molecule has 7 heteroatoms. The molecular weight excluding hydrogens is 366 g/mol. The van der Waals surface area contributed by atoms with Crippen LogP contribution in [-0.4, -0.2) is 66.4 Å². The van der Waals surface area contributed by atoms with E-state index in [4.69, 9.17) is 0 Å². The summed E-state index contributed by atoms with van der Waals surface area (Å²) in [5, 5.41) is 5.48. The van der Waals surface area contributed by atoms with Gasteiger partial charge < -0.3 is 15.5 Å². The van der Waals surface area contributed by atoms with Crippen LogP contribution < -0.4 is 10.6 Å². The third kappa shape index (κ3) is 5.62. The summed E-state index contributed by atoms with van der Waals surface area (Å²) < 4.78 is 0. The molecule has 0 saturated carbocycles. The van der Waals surface area contributed by atoms with Gasteiger partial charge in [0.05, 0.1) is 6.04 Å². The van der Waals surface area contributed by atoms with Crippen molar-refractivity contribution in [1.29, 1.82) is 0 Å². The van der Waals surface area contributed by atoms with Crippen molar-refractivity contribution in [3.8, 4) is 0 Å². The Balaban J connectivity index is 1.62. The first kappa shape index (κ1) is 21.0. The Morgan fingerprint density at radius 1 is 1.07 bits per heavy atom. The molecule has 29 heavy (non-hydrogen) atoms. The van der Waals surface area contributed by atoms with Crippen LogP contribution in [0.4, 0.5) is 5.69 Å². The van der Waals surface area contributed by atoms with E-state index in [0.29, 0.717) is 12.2 Å². The summed E-state index contributed by atoms with van der Waals surface area (Å²) in [6, 6.07) is 9.48. The predicted molar refractivity (Wildman–Crippen MR) is 114 cm³/mol. The zero-order valence-electron chi connectivity index (χ0n) is 17.3. The number of anilines is 1. The van der Waals surface area contributed by atoms with Crippen LogP contribution in [0.15, 0.2) is 42.7 Å². The topological polar surface area (TPSA) is 77.6 Å². The number of rotatable bonds is 5. The summed E-state index contributed by atoms with van der Waals surface area (Å²) in [4.78, 5) is 33.6. The molecule has 0 bridgehead atoms. The van der Waals surface area contributed by atoms with E-state index in [1.54, 1.807) is 12.3 Å². The summed E-state index contributed by atoms with van der Waals surface area (Å²) in [6.07, 6.45) is 3.56. The minimum absolute atomic E-state index is 0.0178. The molecule has 1 unspecified atom stereocenters. The van der Waals surface area contributed by atoms with Gasteiger partial charge in [-0.1, -0.05) is 12.1 Å². The highest BCUT2D eigenvalue weighted by Crippen LogP contribution is 2.21. The maximum atomic E-state index is 12.4. The molecule has 1 aromatic heterocycles. The zero-order chi connectivity index (χ0) is 20.8. The van der Waals surface area contributed by atoms with Gasteiger partial charge in [-0.2, -0.15) is 0 Å². The Labute approximate surface area is 172 Å². The van der Waals surface area contributed by atoms with Gasteiger partial charge in [0.15, 0.2) is 0 Å². The van der Waals surface area contributed by atoms with Crippen molar-refractivity contribution in [2.75, 3.05) is 45.1 Å². The molecule has 3 rings (SSSR count). The summed E-state index contributed by atoms with van der Waals surface area (Å²) in [5.74, 6) is -1.29. The number of carbonyl (C=O) groups is 2. The number of nitrogens with one attached hydrogen (secondary N) is 2. The third-order valence-corrected chi connectivity index (χ3v) is 5.47. The lowest BCUT2D eigenvalue weighted by Gasteiger charge is -2.38. The molecule has 1 fully saturated rings. The number of piperazine rings is 1. The standard InChI is InChI=1S/C22H29N5O2/c1-16-6-7-19(13-17(16)2)25-22(29)21(28)24-15-20(18-5-4-8-23-14-18)27-11-9-26(3)10-12-27/h4-8,13-14,20H,9-12,15H2,1-3H3,(H,24,28)(H,25,29). The third-order valence-electron chi connectivity index (χ3n) is 5.47. The molecule has 1 saturated heterocycles. The fourth-order valence-corrected chi connectivity index (χ4v) is 3.44. The van der Waals surface area contributed by atoms with Crippen molar-refractivity contribution in [2.45, 2.75) is 19.9 Å².